The van der Waals surface area contributed by atoms with E-state index in [9.17, 15) is 14.4 Å². The van der Waals surface area contributed by atoms with E-state index >= 15 is 0 Å². The fraction of sp³-hybridized carbons (Fsp3) is 0.827. The molecule has 0 aromatic carbocycles. The lowest BCUT2D eigenvalue weighted by atomic mass is 10.0. The molecule has 0 radical (unpaired) electrons. The summed E-state index contributed by atoms with van der Waals surface area (Å²) in [7, 11) is 0. The lowest BCUT2D eigenvalue weighted by Gasteiger charge is -2.18. The van der Waals surface area contributed by atoms with Gasteiger partial charge < -0.3 is 14.2 Å². The van der Waals surface area contributed by atoms with Crippen LogP contribution in [0.1, 0.15) is 258 Å². The first-order chi connectivity index (χ1) is 28.5. The number of carbonyl (C=O) groups excluding carboxylic acids is 3. The second-order valence-corrected chi connectivity index (χ2v) is 16.7. The summed E-state index contributed by atoms with van der Waals surface area (Å²) in [5, 5.41) is 0. The predicted molar refractivity (Wildman–Crippen MR) is 247 cm³/mol. The summed E-state index contributed by atoms with van der Waals surface area (Å²) in [4.78, 5) is 37.9. The van der Waals surface area contributed by atoms with Crippen LogP contribution in [0.5, 0.6) is 0 Å². The molecular weight excluding hydrogens is 721 g/mol. The molecule has 0 aliphatic rings. The molecule has 0 aromatic rings. The molecule has 0 amide bonds. The van der Waals surface area contributed by atoms with E-state index in [4.69, 9.17) is 14.2 Å². The van der Waals surface area contributed by atoms with Crippen LogP contribution in [0.4, 0.5) is 0 Å². The van der Waals surface area contributed by atoms with Gasteiger partial charge in [-0.05, 0) is 51.4 Å². The van der Waals surface area contributed by atoms with Crippen molar-refractivity contribution in [3.05, 3.63) is 36.5 Å². The quantitative estimate of drug-likeness (QED) is 0.0264. The largest absolute Gasteiger partial charge is 0.462 e. The Bertz CT molecular complexity index is 984. The molecule has 1 unspecified atom stereocenters. The van der Waals surface area contributed by atoms with Gasteiger partial charge in [0.25, 0.3) is 0 Å². The average molecular weight is 815 g/mol. The van der Waals surface area contributed by atoms with Gasteiger partial charge in [0.1, 0.15) is 13.2 Å². The van der Waals surface area contributed by atoms with Gasteiger partial charge in [-0.15, -0.1) is 0 Å². The molecule has 0 aliphatic heterocycles. The molecule has 0 rings (SSSR count). The Kier molecular flexibility index (Phi) is 45.4. The van der Waals surface area contributed by atoms with Gasteiger partial charge in [-0.25, -0.2) is 0 Å². The number of rotatable bonds is 45. The van der Waals surface area contributed by atoms with E-state index in [1.807, 2.05) is 0 Å². The highest BCUT2D eigenvalue weighted by Crippen LogP contribution is 2.16. The molecule has 0 fully saturated rings. The van der Waals surface area contributed by atoms with Crippen molar-refractivity contribution in [2.45, 2.75) is 264 Å². The number of allylic oxidation sites excluding steroid dienone is 6. The Hall–Kier alpha value is -2.37. The van der Waals surface area contributed by atoms with Crippen molar-refractivity contribution in [1.82, 2.24) is 0 Å². The Balaban J connectivity index is 4.38. The van der Waals surface area contributed by atoms with Gasteiger partial charge in [0.05, 0.1) is 0 Å². The standard InChI is InChI=1S/C52H94O6/c1-4-7-10-13-16-19-22-25-27-30-33-36-39-42-45-51(54)57-48-49(47-56-50(53)44-41-38-35-32-29-24-21-18-15-12-9-6-3)58-52(55)46-43-40-37-34-31-28-26-23-20-17-14-11-8-5-2/h7,10,16,19,25,27,49H,4-6,8-9,11-15,17-18,20-24,26,28-48H2,1-3H3/b10-7-,19-16-,27-25-. The molecule has 1 atom stereocenters. The second kappa shape index (κ2) is 47.3. The Morgan fingerprint density at radius 1 is 0.362 bits per heavy atom. The van der Waals surface area contributed by atoms with Crippen LogP contribution in [-0.4, -0.2) is 37.2 Å². The number of esters is 3. The molecule has 0 saturated heterocycles. The van der Waals surface area contributed by atoms with Gasteiger partial charge >= 0.3 is 17.9 Å². The first-order valence-corrected chi connectivity index (χ1v) is 25.0. The lowest BCUT2D eigenvalue weighted by Crippen LogP contribution is -2.30. The molecule has 0 N–H and O–H groups in total. The topological polar surface area (TPSA) is 78.9 Å². The molecule has 338 valence electrons. The smallest absolute Gasteiger partial charge is 0.306 e. The highest BCUT2D eigenvalue weighted by molar-refractivity contribution is 5.71. The minimum absolute atomic E-state index is 0.0753. The highest BCUT2D eigenvalue weighted by atomic mass is 16.6. The maximum atomic E-state index is 12.8. The maximum Gasteiger partial charge on any atom is 0.306 e. The molecule has 6 heteroatoms. The van der Waals surface area contributed by atoms with E-state index in [1.165, 1.54) is 128 Å². The van der Waals surface area contributed by atoms with E-state index in [-0.39, 0.29) is 31.1 Å². The van der Waals surface area contributed by atoms with E-state index in [0.717, 1.165) is 89.9 Å². The zero-order chi connectivity index (χ0) is 42.3. The van der Waals surface area contributed by atoms with Crippen LogP contribution >= 0.6 is 0 Å². The van der Waals surface area contributed by atoms with Crippen molar-refractivity contribution in [2.24, 2.45) is 0 Å². The number of ether oxygens (including phenoxy) is 3. The molecule has 0 aromatic heterocycles. The summed E-state index contributed by atoms with van der Waals surface area (Å²) in [5.41, 5.74) is 0. The van der Waals surface area contributed by atoms with Crippen LogP contribution in [0.15, 0.2) is 36.5 Å². The minimum atomic E-state index is -0.775. The molecule has 0 bridgehead atoms. The number of hydrogen-bond acceptors (Lipinski definition) is 6. The van der Waals surface area contributed by atoms with Gasteiger partial charge in [0.15, 0.2) is 6.10 Å². The summed E-state index contributed by atoms with van der Waals surface area (Å²) >= 11 is 0. The van der Waals surface area contributed by atoms with Crippen LogP contribution in [-0.2, 0) is 28.6 Å². The Labute approximate surface area is 359 Å². The third-order valence-electron chi connectivity index (χ3n) is 10.9. The van der Waals surface area contributed by atoms with Crippen molar-refractivity contribution in [2.75, 3.05) is 13.2 Å². The van der Waals surface area contributed by atoms with Crippen molar-refractivity contribution in [3.63, 3.8) is 0 Å². The summed E-state index contributed by atoms with van der Waals surface area (Å²) in [5.74, 6) is -0.889. The fourth-order valence-electron chi connectivity index (χ4n) is 7.16. The van der Waals surface area contributed by atoms with Gasteiger partial charge in [0, 0.05) is 19.3 Å². The van der Waals surface area contributed by atoms with E-state index in [2.05, 4.69) is 57.2 Å². The number of unbranched alkanes of at least 4 members (excludes halogenated alkanes) is 28. The van der Waals surface area contributed by atoms with Crippen LogP contribution < -0.4 is 0 Å². The van der Waals surface area contributed by atoms with Crippen molar-refractivity contribution in [1.29, 1.82) is 0 Å². The summed E-state index contributed by atoms with van der Waals surface area (Å²) in [6.45, 7) is 6.52. The second-order valence-electron chi connectivity index (χ2n) is 16.7. The van der Waals surface area contributed by atoms with Crippen molar-refractivity contribution >= 4 is 17.9 Å². The van der Waals surface area contributed by atoms with Crippen LogP contribution in [0.2, 0.25) is 0 Å². The normalized spacial score (nSPS) is 12.3. The third kappa shape index (κ3) is 44.7. The van der Waals surface area contributed by atoms with Crippen LogP contribution in [0.25, 0.3) is 0 Å². The van der Waals surface area contributed by atoms with E-state index < -0.39 is 6.10 Å². The van der Waals surface area contributed by atoms with Gasteiger partial charge in [-0.3, -0.25) is 14.4 Å². The molecule has 0 heterocycles. The molecular formula is C52H94O6. The molecule has 6 nitrogen and oxygen atoms in total. The molecule has 0 aliphatic carbocycles. The Morgan fingerprint density at radius 3 is 1.05 bits per heavy atom. The van der Waals surface area contributed by atoms with E-state index in [0.29, 0.717) is 19.3 Å². The first kappa shape index (κ1) is 55.6. The summed E-state index contributed by atoms with van der Waals surface area (Å²) in [6, 6.07) is 0. The van der Waals surface area contributed by atoms with Crippen LogP contribution in [0, 0.1) is 0 Å². The molecule has 0 spiro atoms. The van der Waals surface area contributed by atoms with Crippen molar-refractivity contribution < 1.29 is 28.6 Å². The minimum Gasteiger partial charge on any atom is -0.462 e. The first-order valence-electron chi connectivity index (χ1n) is 25.0. The van der Waals surface area contributed by atoms with Gasteiger partial charge in [-0.1, -0.05) is 224 Å². The van der Waals surface area contributed by atoms with E-state index in [1.54, 1.807) is 0 Å². The third-order valence-corrected chi connectivity index (χ3v) is 10.9. The fourth-order valence-corrected chi connectivity index (χ4v) is 7.16. The number of carbonyl (C=O) groups is 3. The summed E-state index contributed by atoms with van der Waals surface area (Å²) < 4.78 is 16.8. The molecule has 58 heavy (non-hydrogen) atoms. The average Bonchev–Trinajstić information content (AvgIpc) is 3.22. The molecule has 0 saturated carbocycles. The SMILES string of the molecule is CC/C=C\C/C=C\C/C=C\CCCCCCC(=O)OCC(COC(=O)CCCCCCCCCCCCCC)OC(=O)CCCCCCCCCCCCCCCC. The Morgan fingerprint density at radius 2 is 0.672 bits per heavy atom. The maximum absolute atomic E-state index is 12.8. The van der Waals surface area contributed by atoms with Gasteiger partial charge in [-0.2, -0.15) is 0 Å². The zero-order valence-corrected chi connectivity index (χ0v) is 38.6. The van der Waals surface area contributed by atoms with Gasteiger partial charge in [0.2, 0.25) is 0 Å². The summed E-state index contributed by atoms with van der Waals surface area (Å²) in [6.07, 6.45) is 54.1. The van der Waals surface area contributed by atoms with Crippen LogP contribution in [0.3, 0.4) is 0 Å². The number of hydrogen-bond donors (Lipinski definition) is 0. The van der Waals surface area contributed by atoms with Crippen molar-refractivity contribution in [3.8, 4) is 0 Å². The zero-order valence-electron chi connectivity index (χ0n) is 38.6. The predicted octanol–water partition coefficient (Wildman–Crippen LogP) is 16.1. The highest BCUT2D eigenvalue weighted by Gasteiger charge is 2.19. The lowest BCUT2D eigenvalue weighted by molar-refractivity contribution is -0.167. The monoisotopic (exact) mass is 815 g/mol.